The number of aliphatic carboxylic acids is 1. The first-order valence-electron chi connectivity index (χ1n) is 14.8. The van der Waals surface area contributed by atoms with Gasteiger partial charge in [-0.15, -0.1) is 0 Å². The molecule has 8 heteroatoms. The molecule has 4 unspecified atom stereocenters. The van der Waals surface area contributed by atoms with Crippen LogP contribution in [0.2, 0.25) is 0 Å². The number of rotatable bonds is 8. The molecule has 0 radical (unpaired) electrons. The highest BCUT2D eigenvalue weighted by atomic mass is 16.4. The Morgan fingerprint density at radius 1 is 0.868 bits per heavy atom. The van der Waals surface area contributed by atoms with Crippen LogP contribution in [0, 0.1) is 46.3 Å². The minimum atomic E-state index is -1.08. The first-order chi connectivity index (χ1) is 17.8. The van der Waals surface area contributed by atoms with E-state index in [0.29, 0.717) is 41.9 Å². The molecule has 0 saturated heterocycles. The van der Waals surface area contributed by atoms with E-state index in [1.54, 1.807) is 7.05 Å². The summed E-state index contributed by atoms with van der Waals surface area (Å²) >= 11 is 0. The molecule has 0 aliphatic heterocycles. The molecule has 38 heavy (non-hydrogen) atoms. The van der Waals surface area contributed by atoms with Crippen LogP contribution >= 0.6 is 0 Å². The molecule has 4 fully saturated rings. The summed E-state index contributed by atoms with van der Waals surface area (Å²) in [5.74, 6) is 1.14. The molecule has 4 aliphatic rings. The van der Waals surface area contributed by atoms with E-state index in [1.165, 1.54) is 18.4 Å². The minimum absolute atomic E-state index is 0.0847. The van der Waals surface area contributed by atoms with Gasteiger partial charge in [0.1, 0.15) is 6.54 Å². The SMILES string of the molecule is C[C@H](CCC(=O)N(C)CC(=O)N(C)CC(=O)O)[C@H]1CCC2C3C(O)C[C@@H]4C[C@H](O)CC[C@]4(C)C3CC[C@@]21C. The highest BCUT2D eigenvalue weighted by Crippen LogP contribution is 2.68. The summed E-state index contributed by atoms with van der Waals surface area (Å²) in [6.45, 7) is 6.66. The van der Waals surface area contributed by atoms with E-state index < -0.39 is 5.97 Å². The van der Waals surface area contributed by atoms with Gasteiger partial charge in [0.25, 0.3) is 0 Å². The van der Waals surface area contributed by atoms with Crippen molar-refractivity contribution in [3.63, 3.8) is 0 Å². The van der Waals surface area contributed by atoms with Gasteiger partial charge in [0, 0.05) is 20.5 Å². The quantitative estimate of drug-likeness (QED) is 0.439. The lowest BCUT2D eigenvalue weighted by atomic mass is 9.43. The largest absolute Gasteiger partial charge is 0.480 e. The van der Waals surface area contributed by atoms with Crippen molar-refractivity contribution in [2.75, 3.05) is 27.2 Å². The van der Waals surface area contributed by atoms with Crippen molar-refractivity contribution in [1.82, 2.24) is 9.80 Å². The van der Waals surface area contributed by atoms with Crippen molar-refractivity contribution < 1.29 is 29.7 Å². The van der Waals surface area contributed by atoms with E-state index in [-0.39, 0.29) is 47.9 Å². The molecule has 0 aromatic carbocycles. The van der Waals surface area contributed by atoms with Gasteiger partial charge in [-0.05, 0) is 104 Å². The van der Waals surface area contributed by atoms with Gasteiger partial charge < -0.3 is 25.1 Å². The molecular formula is C30H50N2O6. The van der Waals surface area contributed by atoms with Crippen LogP contribution in [0.5, 0.6) is 0 Å². The topological polar surface area (TPSA) is 118 Å². The number of carbonyl (C=O) groups is 3. The van der Waals surface area contributed by atoms with Gasteiger partial charge in [-0.2, -0.15) is 0 Å². The second kappa shape index (κ2) is 11.1. The Bertz CT molecular complexity index is 911. The Kier molecular flexibility index (Phi) is 8.54. The predicted octanol–water partition coefficient (Wildman–Crippen LogP) is 3.39. The van der Waals surface area contributed by atoms with E-state index in [1.807, 2.05) is 0 Å². The number of carboxylic acids is 1. The zero-order valence-corrected chi connectivity index (χ0v) is 24.1. The summed E-state index contributed by atoms with van der Waals surface area (Å²) in [5, 5.41) is 30.6. The molecule has 0 bridgehead atoms. The number of amides is 2. The molecule has 216 valence electrons. The maximum Gasteiger partial charge on any atom is 0.323 e. The predicted molar refractivity (Wildman–Crippen MR) is 144 cm³/mol. The van der Waals surface area contributed by atoms with Gasteiger partial charge >= 0.3 is 5.97 Å². The Labute approximate surface area is 228 Å². The van der Waals surface area contributed by atoms with Crippen LogP contribution in [0.3, 0.4) is 0 Å². The van der Waals surface area contributed by atoms with Gasteiger partial charge in [-0.1, -0.05) is 20.8 Å². The van der Waals surface area contributed by atoms with Crippen molar-refractivity contribution in [3.8, 4) is 0 Å². The fourth-order valence-corrected chi connectivity index (χ4v) is 9.62. The summed E-state index contributed by atoms with van der Waals surface area (Å²) < 4.78 is 0. The van der Waals surface area contributed by atoms with Crippen molar-refractivity contribution in [3.05, 3.63) is 0 Å². The maximum absolute atomic E-state index is 12.8. The van der Waals surface area contributed by atoms with E-state index >= 15 is 0 Å². The molecule has 4 rings (SSSR count). The molecule has 0 spiro atoms. The monoisotopic (exact) mass is 534 g/mol. The van der Waals surface area contributed by atoms with E-state index in [9.17, 15) is 24.6 Å². The zero-order chi connectivity index (χ0) is 28.0. The lowest BCUT2D eigenvalue weighted by Gasteiger charge is -2.62. The first-order valence-corrected chi connectivity index (χ1v) is 14.8. The molecule has 0 aromatic rings. The number of aliphatic hydroxyl groups excluding tert-OH is 2. The lowest BCUT2D eigenvalue weighted by molar-refractivity contribution is -0.174. The third-order valence-corrected chi connectivity index (χ3v) is 11.8. The Balaban J connectivity index is 1.36. The fourth-order valence-electron chi connectivity index (χ4n) is 9.62. The summed E-state index contributed by atoms with van der Waals surface area (Å²) in [4.78, 5) is 38.5. The molecule has 4 saturated carbocycles. The summed E-state index contributed by atoms with van der Waals surface area (Å²) in [6, 6.07) is 0. The van der Waals surface area contributed by atoms with E-state index in [4.69, 9.17) is 5.11 Å². The van der Waals surface area contributed by atoms with Crippen LogP contribution in [-0.2, 0) is 14.4 Å². The number of aliphatic hydroxyl groups is 2. The molecule has 0 heterocycles. The smallest absolute Gasteiger partial charge is 0.323 e. The zero-order valence-electron chi connectivity index (χ0n) is 24.1. The third kappa shape index (κ3) is 5.36. The van der Waals surface area contributed by atoms with Gasteiger partial charge in [-0.3, -0.25) is 14.4 Å². The van der Waals surface area contributed by atoms with Crippen LogP contribution in [0.4, 0.5) is 0 Å². The van der Waals surface area contributed by atoms with Gasteiger partial charge in [0.05, 0.1) is 18.8 Å². The van der Waals surface area contributed by atoms with Crippen LogP contribution in [0.15, 0.2) is 0 Å². The summed E-state index contributed by atoms with van der Waals surface area (Å²) in [5.41, 5.74) is 0.393. The van der Waals surface area contributed by atoms with Crippen LogP contribution < -0.4 is 0 Å². The van der Waals surface area contributed by atoms with Gasteiger partial charge in [0.15, 0.2) is 0 Å². The molecule has 4 aliphatic carbocycles. The number of fused-ring (bicyclic) bond motifs is 5. The summed E-state index contributed by atoms with van der Waals surface area (Å²) in [6.07, 6.45) is 8.86. The average Bonchev–Trinajstić information content (AvgIpc) is 3.20. The van der Waals surface area contributed by atoms with Gasteiger partial charge in [-0.25, -0.2) is 0 Å². The minimum Gasteiger partial charge on any atom is -0.480 e. The highest BCUT2D eigenvalue weighted by Gasteiger charge is 2.62. The van der Waals surface area contributed by atoms with Crippen LogP contribution in [-0.4, -0.2) is 82.3 Å². The second-order valence-electron chi connectivity index (χ2n) is 13.9. The standard InChI is InChI=1S/C30H50N2O6/c1-18(6-9-25(35)31(4)16-26(36)32(5)17-27(37)38)21-7-8-22-28-23(11-13-30(21,22)3)29(2)12-10-20(33)14-19(29)15-24(28)34/h18-24,28,33-34H,6-17H2,1-5H3,(H,37,38)/t18-,19+,20-,21-,22?,23?,24?,28?,29+,30-/m1/s1. The normalized spacial score (nSPS) is 40.9. The first kappa shape index (κ1) is 29.3. The number of carboxylic acid groups (broad SMARTS) is 1. The second-order valence-corrected chi connectivity index (χ2v) is 13.9. The van der Waals surface area contributed by atoms with Crippen molar-refractivity contribution in [2.24, 2.45) is 46.3 Å². The third-order valence-electron chi connectivity index (χ3n) is 11.8. The molecule has 10 atom stereocenters. The Morgan fingerprint density at radius 2 is 1.50 bits per heavy atom. The number of carbonyl (C=O) groups excluding carboxylic acids is 2. The molecule has 0 aromatic heterocycles. The van der Waals surface area contributed by atoms with E-state index in [0.717, 1.165) is 56.3 Å². The molecular weight excluding hydrogens is 484 g/mol. The fraction of sp³-hybridized carbons (Fsp3) is 0.900. The molecule has 2 amide bonds. The van der Waals surface area contributed by atoms with Crippen molar-refractivity contribution in [2.45, 2.75) is 97.2 Å². The summed E-state index contributed by atoms with van der Waals surface area (Å²) in [7, 11) is 3.04. The van der Waals surface area contributed by atoms with Gasteiger partial charge in [0.2, 0.25) is 11.8 Å². The van der Waals surface area contributed by atoms with Crippen LogP contribution in [0.1, 0.15) is 85.0 Å². The average molecular weight is 535 g/mol. The number of hydrogen-bond donors (Lipinski definition) is 3. The van der Waals surface area contributed by atoms with E-state index in [2.05, 4.69) is 20.8 Å². The van der Waals surface area contributed by atoms with Crippen molar-refractivity contribution in [1.29, 1.82) is 0 Å². The lowest BCUT2D eigenvalue weighted by Crippen LogP contribution is -2.58. The maximum atomic E-state index is 12.8. The van der Waals surface area contributed by atoms with Crippen molar-refractivity contribution >= 4 is 17.8 Å². The molecule has 3 N–H and O–H groups in total. The number of likely N-dealkylation sites (N-methyl/N-ethyl adjacent to an activating group) is 2. The number of hydrogen-bond acceptors (Lipinski definition) is 5. The number of nitrogens with zero attached hydrogens (tertiary/aromatic N) is 2. The Hall–Kier alpha value is -1.67. The Morgan fingerprint density at radius 3 is 2.18 bits per heavy atom. The van der Waals surface area contributed by atoms with Crippen LogP contribution in [0.25, 0.3) is 0 Å². The molecule has 8 nitrogen and oxygen atoms in total. The highest BCUT2D eigenvalue weighted by molar-refractivity contribution is 5.86.